The Kier molecular flexibility index (Phi) is 3.33. The highest BCUT2D eigenvalue weighted by Gasteiger charge is 2.27. The first kappa shape index (κ1) is 11.9. The average molecular weight is 237 g/mol. The number of nitrogens with two attached hydrogens (primary N) is 1. The molecular formula is C11H19N5O. The van der Waals surface area contributed by atoms with Gasteiger partial charge in [-0.1, -0.05) is 0 Å². The van der Waals surface area contributed by atoms with Crippen LogP contribution in [0, 0.1) is 5.92 Å². The van der Waals surface area contributed by atoms with E-state index < -0.39 is 0 Å². The number of aliphatic hydroxyl groups is 1. The molecule has 2 heterocycles. The van der Waals surface area contributed by atoms with E-state index in [1.165, 1.54) is 0 Å². The van der Waals surface area contributed by atoms with Gasteiger partial charge in [0.15, 0.2) is 0 Å². The standard InChI is InChI=1S/C11H19N5O/c1-7(17)8-3-4-16(6-8)10-5-9(13-2)14-11(12)15-10/h5,7-8,17H,3-4,6H2,1-2H3,(H3,12,13,14,15). The van der Waals surface area contributed by atoms with Gasteiger partial charge in [-0.3, -0.25) is 0 Å². The molecule has 0 aromatic carbocycles. The number of anilines is 3. The lowest BCUT2D eigenvalue weighted by atomic mass is 10.0. The fourth-order valence-corrected chi connectivity index (χ4v) is 2.13. The Hall–Kier alpha value is -1.56. The van der Waals surface area contributed by atoms with E-state index in [0.29, 0.717) is 11.7 Å². The maximum atomic E-state index is 9.58. The maximum Gasteiger partial charge on any atom is 0.223 e. The molecule has 0 spiro atoms. The van der Waals surface area contributed by atoms with Crippen molar-refractivity contribution in [1.29, 1.82) is 0 Å². The van der Waals surface area contributed by atoms with Gasteiger partial charge < -0.3 is 21.1 Å². The quantitative estimate of drug-likeness (QED) is 0.701. The fraction of sp³-hybridized carbons (Fsp3) is 0.636. The molecule has 0 aliphatic carbocycles. The molecule has 0 amide bonds. The van der Waals surface area contributed by atoms with Crippen molar-refractivity contribution in [3.05, 3.63) is 6.07 Å². The van der Waals surface area contributed by atoms with Crippen molar-refractivity contribution in [3.8, 4) is 0 Å². The lowest BCUT2D eigenvalue weighted by Crippen LogP contribution is -2.25. The Morgan fingerprint density at radius 3 is 2.94 bits per heavy atom. The van der Waals surface area contributed by atoms with Crippen LogP contribution in [0.25, 0.3) is 0 Å². The summed E-state index contributed by atoms with van der Waals surface area (Å²) in [5, 5.41) is 12.5. The van der Waals surface area contributed by atoms with Crippen LogP contribution < -0.4 is 16.0 Å². The first-order valence-corrected chi connectivity index (χ1v) is 5.85. The highest BCUT2D eigenvalue weighted by Crippen LogP contribution is 2.26. The lowest BCUT2D eigenvalue weighted by Gasteiger charge is -2.19. The van der Waals surface area contributed by atoms with Gasteiger partial charge in [0.2, 0.25) is 5.95 Å². The summed E-state index contributed by atoms with van der Waals surface area (Å²) in [7, 11) is 1.80. The lowest BCUT2D eigenvalue weighted by molar-refractivity contribution is 0.136. The normalized spacial score (nSPS) is 21.6. The third-order valence-electron chi connectivity index (χ3n) is 3.22. The Labute approximate surface area is 101 Å². The summed E-state index contributed by atoms with van der Waals surface area (Å²) >= 11 is 0. The second-order valence-electron chi connectivity index (χ2n) is 4.45. The van der Waals surface area contributed by atoms with Gasteiger partial charge in [0, 0.05) is 32.1 Å². The van der Waals surface area contributed by atoms with Gasteiger partial charge >= 0.3 is 0 Å². The van der Waals surface area contributed by atoms with Crippen LogP contribution in [0.4, 0.5) is 17.6 Å². The van der Waals surface area contributed by atoms with E-state index in [-0.39, 0.29) is 12.1 Å². The molecule has 6 nitrogen and oxygen atoms in total. The van der Waals surface area contributed by atoms with Crippen LogP contribution in [0.1, 0.15) is 13.3 Å². The summed E-state index contributed by atoms with van der Waals surface area (Å²) in [6, 6.07) is 1.88. The van der Waals surface area contributed by atoms with E-state index in [9.17, 15) is 5.11 Å². The van der Waals surface area contributed by atoms with Crippen LogP contribution in [-0.2, 0) is 0 Å². The molecule has 0 radical (unpaired) electrons. The van der Waals surface area contributed by atoms with Crippen molar-refractivity contribution in [2.75, 3.05) is 36.1 Å². The zero-order valence-corrected chi connectivity index (χ0v) is 10.2. The third-order valence-corrected chi connectivity index (χ3v) is 3.22. The number of nitrogen functional groups attached to an aromatic ring is 1. The number of rotatable bonds is 3. The van der Waals surface area contributed by atoms with E-state index in [4.69, 9.17) is 5.73 Å². The minimum Gasteiger partial charge on any atom is -0.393 e. The predicted octanol–water partition coefficient (Wildman–Crippen LogP) is 0.308. The number of hydrogen-bond donors (Lipinski definition) is 3. The van der Waals surface area contributed by atoms with Gasteiger partial charge in [-0.2, -0.15) is 9.97 Å². The van der Waals surface area contributed by atoms with E-state index in [1.54, 1.807) is 7.05 Å². The Morgan fingerprint density at radius 2 is 2.35 bits per heavy atom. The highest BCUT2D eigenvalue weighted by molar-refractivity contribution is 5.52. The molecule has 1 aliphatic rings. The summed E-state index contributed by atoms with van der Waals surface area (Å²) in [4.78, 5) is 10.4. The molecule has 2 atom stereocenters. The molecule has 6 heteroatoms. The van der Waals surface area contributed by atoms with Gasteiger partial charge in [0.25, 0.3) is 0 Å². The van der Waals surface area contributed by atoms with Crippen LogP contribution in [0.5, 0.6) is 0 Å². The Morgan fingerprint density at radius 1 is 1.59 bits per heavy atom. The SMILES string of the molecule is CNc1cc(N2CCC(C(C)O)C2)nc(N)n1. The van der Waals surface area contributed by atoms with Gasteiger partial charge in [-0.25, -0.2) is 0 Å². The van der Waals surface area contributed by atoms with E-state index in [2.05, 4.69) is 20.2 Å². The zero-order valence-electron chi connectivity index (χ0n) is 10.2. The Bertz CT molecular complexity index is 395. The molecule has 1 saturated heterocycles. The van der Waals surface area contributed by atoms with Crippen LogP contribution in [-0.4, -0.2) is 41.3 Å². The molecule has 17 heavy (non-hydrogen) atoms. The number of hydrogen-bond acceptors (Lipinski definition) is 6. The molecule has 1 aromatic heterocycles. The van der Waals surface area contributed by atoms with Crippen molar-refractivity contribution in [2.45, 2.75) is 19.4 Å². The number of nitrogens with zero attached hydrogens (tertiary/aromatic N) is 3. The van der Waals surface area contributed by atoms with Gasteiger partial charge in [-0.15, -0.1) is 0 Å². The third kappa shape index (κ3) is 2.58. The van der Waals surface area contributed by atoms with E-state index in [0.717, 1.165) is 25.3 Å². The molecule has 94 valence electrons. The van der Waals surface area contributed by atoms with Gasteiger partial charge in [0.1, 0.15) is 11.6 Å². The topological polar surface area (TPSA) is 87.3 Å². The van der Waals surface area contributed by atoms with Crippen molar-refractivity contribution in [2.24, 2.45) is 5.92 Å². The summed E-state index contributed by atoms with van der Waals surface area (Å²) in [5.41, 5.74) is 5.66. The first-order chi connectivity index (χ1) is 8.10. The fourth-order valence-electron chi connectivity index (χ4n) is 2.13. The molecule has 2 rings (SSSR count). The second kappa shape index (κ2) is 4.75. The molecule has 4 N–H and O–H groups in total. The molecule has 2 unspecified atom stereocenters. The average Bonchev–Trinajstić information content (AvgIpc) is 2.77. The summed E-state index contributed by atoms with van der Waals surface area (Å²) in [5.74, 6) is 2.12. The van der Waals surface area contributed by atoms with Crippen molar-refractivity contribution in [3.63, 3.8) is 0 Å². The molecular weight excluding hydrogens is 218 g/mol. The minimum atomic E-state index is -0.275. The number of aliphatic hydroxyl groups excluding tert-OH is 1. The second-order valence-corrected chi connectivity index (χ2v) is 4.45. The van der Waals surface area contributed by atoms with Crippen molar-refractivity contribution >= 4 is 17.6 Å². The zero-order chi connectivity index (χ0) is 12.4. The number of aromatic nitrogens is 2. The highest BCUT2D eigenvalue weighted by atomic mass is 16.3. The van der Waals surface area contributed by atoms with Crippen molar-refractivity contribution < 1.29 is 5.11 Å². The van der Waals surface area contributed by atoms with Gasteiger partial charge in [-0.05, 0) is 13.3 Å². The Balaban J connectivity index is 2.15. The van der Waals surface area contributed by atoms with E-state index in [1.807, 2.05) is 13.0 Å². The molecule has 1 aromatic rings. The largest absolute Gasteiger partial charge is 0.393 e. The van der Waals surface area contributed by atoms with Crippen LogP contribution in [0.2, 0.25) is 0 Å². The monoisotopic (exact) mass is 237 g/mol. The number of nitrogens with one attached hydrogen (secondary N) is 1. The minimum absolute atomic E-state index is 0.271. The van der Waals surface area contributed by atoms with Crippen LogP contribution >= 0.6 is 0 Å². The van der Waals surface area contributed by atoms with Gasteiger partial charge in [0.05, 0.1) is 6.10 Å². The first-order valence-electron chi connectivity index (χ1n) is 5.85. The predicted molar refractivity (Wildman–Crippen MR) is 68.0 cm³/mol. The molecule has 1 aliphatic heterocycles. The molecule has 1 fully saturated rings. The maximum absolute atomic E-state index is 9.58. The van der Waals surface area contributed by atoms with Crippen LogP contribution in [0.15, 0.2) is 6.07 Å². The summed E-state index contributed by atoms with van der Waals surface area (Å²) in [6.07, 6.45) is 0.708. The summed E-state index contributed by atoms with van der Waals surface area (Å²) in [6.45, 7) is 3.55. The molecule has 0 bridgehead atoms. The van der Waals surface area contributed by atoms with Crippen molar-refractivity contribution in [1.82, 2.24) is 9.97 Å². The van der Waals surface area contributed by atoms with Crippen LogP contribution in [0.3, 0.4) is 0 Å². The van der Waals surface area contributed by atoms with E-state index >= 15 is 0 Å². The summed E-state index contributed by atoms with van der Waals surface area (Å²) < 4.78 is 0. The smallest absolute Gasteiger partial charge is 0.223 e. The molecule has 0 saturated carbocycles.